The molecule has 0 aliphatic heterocycles. The Labute approximate surface area is 216 Å². The molecule has 3 aromatic carbocycles. The maximum atomic E-state index is 12.3. The molecule has 0 spiro atoms. The van der Waals surface area contributed by atoms with E-state index in [1.54, 1.807) is 48.5 Å². The van der Waals surface area contributed by atoms with Crippen molar-refractivity contribution in [2.45, 2.75) is 20.0 Å². The lowest BCUT2D eigenvalue weighted by molar-refractivity contribution is -0.130. The second-order valence-corrected chi connectivity index (χ2v) is 7.78. The first kappa shape index (κ1) is 28.7. The summed E-state index contributed by atoms with van der Waals surface area (Å²) in [5, 5.41) is 17.1. The lowest BCUT2D eigenvalue weighted by atomic mass is 10.1. The summed E-state index contributed by atoms with van der Waals surface area (Å²) in [6.45, 7) is 0.658. The zero-order valence-electron chi connectivity index (χ0n) is 19.5. The summed E-state index contributed by atoms with van der Waals surface area (Å²) in [4.78, 5) is 35.8. The standard InChI is InChI=1S/C27H27N5O4.CH4/c28-16-24(27(35)32-36)31-26(34)22-12-8-19(9-13-22)6-7-20-10-14-23(15-11-20)30-25(33)18-29-17-21-4-2-1-3-5-21;/h1-5,8-15,24,29,36H,16-18,28H2,(H,30,33)(H,31,34)(H,32,35);1H4/t24-;/m0./s1. The summed E-state index contributed by atoms with van der Waals surface area (Å²) in [6, 6.07) is 22.5. The van der Waals surface area contributed by atoms with Gasteiger partial charge in [0.05, 0.1) is 6.54 Å². The number of amides is 3. The largest absolute Gasteiger partial charge is 0.339 e. The van der Waals surface area contributed by atoms with Crippen molar-refractivity contribution >= 4 is 23.4 Å². The molecule has 0 aliphatic carbocycles. The molecule has 9 heteroatoms. The highest BCUT2D eigenvalue weighted by Gasteiger charge is 2.19. The predicted octanol–water partition coefficient (Wildman–Crippen LogP) is 2.01. The molecule has 9 nitrogen and oxygen atoms in total. The summed E-state index contributed by atoms with van der Waals surface area (Å²) in [7, 11) is 0. The van der Waals surface area contributed by atoms with E-state index >= 15 is 0 Å². The molecule has 3 rings (SSSR count). The van der Waals surface area contributed by atoms with Crippen molar-refractivity contribution in [1.29, 1.82) is 0 Å². The van der Waals surface area contributed by atoms with Gasteiger partial charge in [0.2, 0.25) is 5.91 Å². The minimum Gasteiger partial charge on any atom is -0.339 e. The molecule has 0 saturated carbocycles. The van der Waals surface area contributed by atoms with Crippen molar-refractivity contribution in [3.8, 4) is 11.8 Å². The molecule has 7 N–H and O–H groups in total. The molecule has 0 fully saturated rings. The van der Waals surface area contributed by atoms with Gasteiger partial charge in [-0.2, -0.15) is 0 Å². The molecule has 0 unspecified atom stereocenters. The number of benzene rings is 3. The number of nitrogens with one attached hydrogen (secondary N) is 4. The van der Waals surface area contributed by atoms with Gasteiger partial charge in [0.25, 0.3) is 11.8 Å². The lowest BCUT2D eigenvalue weighted by Gasteiger charge is -2.14. The second-order valence-electron chi connectivity index (χ2n) is 7.78. The van der Waals surface area contributed by atoms with E-state index in [9.17, 15) is 14.4 Å². The Morgan fingerprint density at radius 1 is 0.865 bits per heavy atom. The first-order chi connectivity index (χ1) is 17.5. The van der Waals surface area contributed by atoms with Gasteiger partial charge in [-0.3, -0.25) is 19.6 Å². The Bertz CT molecular complexity index is 1230. The van der Waals surface area contributed by atoms with E-state index in [2.05, 4.69) is 27.8 Å². The molecule has 37 heavy (non-hydrogen) atoms. The van der Waals surface area contributed by atoms with Crippen molar-refractivity contribution in [1.82, 2.24) is 16.1 Å². The van der Waals surface area contributed by atoms with Crippen LogP contribution in [-0.4, -0.2) is 42.1 Å². The third kappa shape index (κ3) is 9.23. The van der Waals surface area contributed by atoms with Gasteiger partial charge in [0.15, 0.2) is 0 Å². The zero-order valence-corrected chi connectivity index (χ0v) is 19.5. The molecular weight excluding hydrogens is 470 g/mol. The molecular formula is C28H31N5O4. The van der Waals surface area contributed by atoms with E-state index in [0.29, 0.717) is 23.4 Å². The third-order valence-electron chi connectivity index (χ3n) is 5.09. The Morgan fingerprint density at radius 2 is 1.46 bits per heavy atom. The van der Waals surface area contributed by atoms with Crippen molar-refractivity contribution in [3.05, 3.63) is 101 Å². The number of nitrogens with two attached hydrogens (primary N) is 1. The number of carbonyl (C=O) groups is 3. The summed E-state index contributed by atoms with van der Waals surface area (Å²) in [6.07, 6.45) is 0. The topological polar surface area (TPSA) is 146 Å². The second kappa shape index (κ2) is 14.8. The smallest absolute Gasteiger partial charge is 0.267 e. The van der Waals surface area contributed by atoms with Gasteiger partial charge in [-0.05, 0) is 54.1 Å². The maximum Gasteiger partial charge on any atom is 0.267 e. The highest BCUT2D eigenvalue weighted by Crippen LogP contribution is 2.09. The highest BCUT2D eigenvalue weighted by molar-refractivity contribution is 5.97. The number of hydrogen-bond acceptors (Lipinski definition) is 6. The van der Waals surface area contributed by atoms with E-state index < -0.39 is 17.9 Å². The molecule has 192 valence electrons. The summed E-state index contributed by atoms with van der Waals surface area (Å²) in [5.74, 6) is 4.62. The SMILES string of the molecule is C.NC[C@H](NC(=O)c1ccc(C#Cc2ccc(NC(=O)CNCc3ccccc3)cc2)cc1)C(=O)NO. The Hall–Kier alpha value is -4.49. The Kier molecular flexibility index (Phi) is 11.5. The minimum absolute atomic E-state index is 0. The minimum atomic E-state index is -1.04. The van der Waals surface area contributed by atoms with E-state index in [1.807, 2.05) is 30.3 Å². The van der Waals surface area contributed by atoms with Crippen molar-refractivity contribution in [2.24, 2.45) is 5.73 Å². The first-order valence-corrected chi connectivity index (χ1v) is 11.2. The van der Waals surface area contributed by atoms with Gasteiger partial charge < -0.3 is 21.7 Å². The fourth-order valence-corrected chi connectivity index (χ4v) is 3.16. The van der Waals surface area contributed by atoms with Gasteiger partial charge >= 0.3 is 0 Å². The quantitative estimate of drug-likeness (QED) is 0.150. The molecule has 0 bridgehead atoms. The summed E-state index contributed by atoms with van der Waals surface area (Å²) >= 11 is 0. The summed E-state index contributed by atoms with van der Waals surface area (Å²) in [5.41, 5.74) is 10.5. The van der Waals surface area contributed by atoms with Crippen LogP contribution in [0.2, 0.25) is 0 Å². The van der Waals surface area contributed by atoms with Crippen LogP contribution in [0.5, 0.6) is 0 Å². The first-order valence-electron chi connectivity index (χ1n) is 11.2. The van der Waals surface area contributed by atoms with Crippen LogP contribution >= 0.6 is 0 Å². The van der Waals surface area contributed by atoms with Crippen LogP contribution in [-0.2, 0) is 16.1 Å². The molecule has 0 radical (unpaired) electrons. The van der Waals surface area contributed by atoms with Crippen molar-refractivity contribution in [2.75, 3.05) is 18.4 Å². The van der Waals surface area contributed by atoms with Crippen LogP contribution in [0.15, 0.2) is 78.9 Å². The fourth-order valence-electron chi connectivity index (χ4n) is 3.16. The molecule has 0 heterocycles. The molecule has 3 amide bonds. The Morgan fingerprint density at radius 3 is 2.03 bits per heavy atom. The van der Waals surface area contributed by atoms with Crippen LogP contribution in [0, 0.1) is 11.8 Å². The maximum absolute atomic E-state index is 12.3. The van der Waals surface area contributed by atoms with Gasteiger partial charge in [-0.25, -0.2) is 5.48 Å². The van der Waals surface area contributed by atoms with Crippen LogP contribution < -0.4 is 27.2 Å². The highest BCUT2D eigenvalue weighted by atomic mass is 16.5. The number of hydroxylamine groups is 1. The summed E-state index contributed by atoms with van der Waals surface area (Å²) < 4.78 is 0. The zero-order chi connectivity index (χ0) is 25.8. The average molecular weight is 502 g/mol. The molecule has 3 aromatic rings. The normalized spacial score (nSPS) is 10.6. The number of carbonyl (C=O) groups excluding carboxylic acids is 3. The monoisotopic (exact) mass is 501 g/mol. The van der Waals surface area contributed by atoms with Crippen molar-refractivity contribution < 1.29 is 19.6 Å². The predicted molar refractivity (Wildman–Crippen MR) is 143 cm³/mol. The van der Waals surface area contributed by atoms with Crippen LogP contribution in [0.1, 0.15) is 34.5 Å². The van der Waals surface area contributed by atoms with Crippen LogP contribution in [0.3, 0.4) is 0 Å². The molecule has 0 saturated heterocycles. The van der Waals surface area contributed by atoms with Crippen LogP contribution in [0.4, 0.5) is 5.69 Å². The molecule has 1 atom stereocenters. The van der Waals surface area contributed by atoms with E-state index in [0.717, 1.165) is 11.1 Å². The van der Waals surface area contributed by atoms with E-state index in [1.165, 1.54) is 5.48 Å². The van der Waals surface area contributed by atoms with Crippen molar-refractivity contribution in [3.63, 3.8) is 0 Å². The third-order valence-corrected chi connectivity index (χ3v) is 5.09. The van der Waals surface area contributed by atoms with Gasteiger partial charge in [-0.15, -0.1) is 0 Å². The average Bonchev–Trinajstić information content (AvgIpc) is 2.91. The van der Waals surface area contributed by atoms with Crippen LogP contribution in [0.25, 0.3) is 0 Å². The fraction of sp³-hybridized carbons (Fsp3) is 0.179. The van der Waals surface area contributed by atoms with Gasteiger partial charge in [0.1, 0.15) is 6.04 Å². The lowest BCUT2D eigenvalue weighted by Crippen LogP contribution is -2.50. The van der Waals surface area contributed by atoms with Gasteiger partial charge in [0, 0.05) is 35.5 Å². The Balaban J connectivity index is 0.00000481. The van der Waals surface area contributed by atoms with E-state index in [4.69, 9.17) is 10.9 Å². The molecule has 0 aliphatic rings. The molecule has 0 aromatic heterocycles. The van der Waals surface area contributed by atoms with Gasteiger partial charge in [-0.1, -0.05) is 49.6 Å². The number of anilines is 1. The number of hydrogen-bond donors (Lipinski definition) is 6. The number of rotatable bonds is 9. The van der Waals surface area contributed by atoms with E-state index in [-0.39, 0.29) is 26.4 Å².